The van der Waals surface area contributed by atoms with Gasteiger partial charge in [-0.25, -0.2) is 4.79 Å². The molecule has 0 aliphatic heterocycles. The van der Waals surface area contributed by atoms with Crippen LogP contribution in [-0.2, 0) is 14.3 Å². The third kappa shape index (κ3) is 4.66. The quantitative estimate of drug-likeness (QED) is 0.519. The molecular formula is C22H22ClNO3. The second-order valence-corrected chi connectivity index (χ2v) is 6.34. The van der Waals surface area contributed by atoms with Crippen LogP contribution in [0, 0.1) is 0 Å². The lowest BCUT2D eigenvalue weighted by molar-refractivity contribution is -0.137. The molecule has 0 bridgehead atoms. The third-order valence-electron chi connectivity index (χ3n) is 4.16. The van der Waals surface area contributed by atoms with Crippen molar-refractivity contribution in [1.29, 1.82) is 0 Å². The molecule has 0 unspecified atom stereocenters. The topological polar surface area (TPSA) is 46.6 Å². The highest BCUT2D eigenvalue weighted by molar-refractivity contribution is 6.30. The fraction of sp³-hybridized carbons (Fsp3) is 0.182. The van der Waals surface area contributed by atoms with Crippen LogP contribution >= 0.6 is 11.6 Å². The molecule has 1 atom stereocenters. The number of nitrogens with zero attached hydrogens (tertiary/aromatic N) is 1. The molecule has 0 aliphatic rings. The zero-order valence-electron chi connectivity index (χ0n) is 15.6. The number of methoxy groups -OCH3 is 1. The van der Waals surface area contributed by atoms with Crippen LogP contribution in [0.15, 0.2) is 72.8 Å². The molecule has 4 nitrogen and oxygen atoms in total. The van der Waals surface area contributed by atoms with Gasteiger partial charge < -0.3 is 9.64 Å². The number of carbonyl (C=O) groups excluding carboxylic acids is 2. The minimum Gasteiger partial charge on any atom is -0.466 e. The second-order valence-electron chi connectivity index (χ2n) is 5.90. The van der Waals surface area contributed by atoms with Gasteiger partial charge in [0.1, 0.15) is 0 Å². The van der Waals surface area contributed by atoms with Crippen LogP contribution in [0.1, 0.15) is 31.0 Å². The van der Waals surface area contributed by atoms with Gasteiger partial charge in [-0.3, -0.25) is 4.79 Å². The van der Waals surface area contributed by atoms with Crippen molar-refractivity contribution in [2.75, 3.05) is 7.11 Å². The van der Waals surface area contributed by atoms with Gasteiger partial charge in [-0.05, 0) is 30.2 Å². The van der Waals surface area contributed by atoms with Crippen molar-refractivity contribution in [2.24, 2.45) is 0 Å². The Hall–Kier alpha value is -2.85. The number of esters is 1. The number of halogens is 1. The van der Waals surface area contributed by atoms with E-state index < -0.39 is 12.0 Å². The van der Waals surface area contributed by atoms with E-state index in [0.717, 1.165) is 11.1 Å². The smallest absolute Gasteiger partial charge is 0.335 e. The summed E-state index contributed by atoms with van der Waals surface area (Å²) in [5.41, 5.74) is 2.39. The molecule has 0 aromatic heterocycles. The standard InChI is InChI=1S/C22H22ClNO3/c1-5-20(17-11-13-19(23)14-12-17)24(16(3)25)21(15(2)22(26)27-4)18-9-7-6-8-10-18/h5-14,21H,2H2,1,3-4H3/b20-5+/t21-/m0/s1. The number of hydrogen-bond acceptors (Lipinski definition) is 3. The van der Waals surface area contributed by atoms with E-state index in [1.54, 1.807) is 17.0 Å². The molecule has 2 aromatic carbocycles. The molecule has 140 valence electrons. The SMILES string of the molecule is C=C(C(=O)OC)[C@@H](c1ccccc1)N(C(C)=O)/C(=C/C)c1ccc(Cl)cc1. The largest absolute Gasteiger partial charge is 0.466 e. The first kappa shape index (κ1) is 20.5. The van der Waals surface area contributed by atoms with Crippen molar-refractivity contribution < 1.29 is 14.3 Å². The van der Waals surface area contributed by atoms with Gasteiger partial charge >= 0.3 is 5.97 Å². The van der Waals surface area contributed by atoms with Gasteiger partial charge in [0.05, 0.1) is 18.7 Å². The number of rotatable bonds is 6. The number of ether oxygens (including phenoxy) is 1. The number of amides is 1. The summed E-state index contributed by atoms with van der Waals surface area (Å²) >= 11 is 6.00. The second kappa shape index (κ2) is 9.19. The van der Waals surface area contributed by atoms with Crippen LogP contribution in [0.5, 0.6) is 0 Å². The van der Waals surface area contributed by atoms with Gasteiger partial charge in [0.15, 0.2) is 0 Å². The van der Waals surface area contributed by atoms with E-state index in [9.17, 15) is 9.59 Å². The van der Waals surface area contributed by atoms with Crippen molar-refractivity contribution in [1.82, 2.24) is 4.90 Å². The van der Waals surface area contributed by atoms with Gasteiger partial charge in [0.2, 0.25) is 5.91 Å². The molecule has 0 heterocycles. The molecule has 0 saturated carbocycles. The fourth-order valence-electron chi connectivity index (χ4n) is 2.94. The summed E-state index contributed by atoms with van der Waals surface area (Å²) in [6, 6.07) is 15.7. The summed E-state index contributed by atoms with van der Waals surface area (Å²) in [5.74, 6) is -0.793. The van der Waals surface area contributed by atoms with E-state index in [-0.39, 0.29) is 11.5 Å². The van der Waals surface area contributed by atoms with Crippen LogP contribution in [0.4, 0.5) is 0 Å². The molecule has 0 saturated heterocycles. The van der Waals surface area contributed by atoms with Crippen molar-refractivity contribution in [3.8, 4) is 0 Å². The van der Waals surface area contributed by atoms with Crippen LogP contribution in [0.2, 0.25) is 5.02 Å². The molecule has 0 radical (unpaired) electrons. The zero-order chi connectivity index (χ0) is 20.0. The Bertz CT molecular complexity index is 857. The van der Waals surface area contributed by atoms with Crippen LogP contribution in [0.3, 0.4) is 0 Å². The van der Waals surface area contributed by atoms with Crippen molar-refractivity contribution in [3.05, 3.63) is 89.0 Å². The molecule has 5 heteroatoms. The molecule has 27 heavy (non-hydrogen) atoms. The average molecular weight is 384 g/mol. The summed E-state index contributed by atoms with van der Waals surface area (Å²) < 4.78 is 4.87. The Labute approximate surface area is 164 Å². The van der Waals surface area contributed by atoms with E-state index in [2.05, 4.69) is 6.58 Å². The summed E-state index contributed by atoms with van der Waals surface area (Å²) in [6.07, 6.45) is 1.82. The first-order valence-electron chi connectivity index (χ1n) is 8.44. The van der Waals surface area contributed by atoms with Gasteiger partial charge in [-0.1, -0.05) is 66.7 Å². The van der Waals surface area contributed by atoms with Crippen LogP contribution in [-0.4, -0.2) is 23.9 Å². The van der Waals surface area contributed by atoms with Crippen molar-refractivity contribution in [2.45, 2.75) is 19.9 Å². The number of benzene rings is 2. The lowest BCUT2D eigenvalue weighted by atomic mass is 9.96. The van der Waals surface area contributed by atoms with Gasteiger partial charge in [0, 0.05) is 17.6 Å². The molecule has 0 aliphatic carbocycles. The van der Waals surface area contributed by atoms with Gasteiger partial charge in [0.25, 0.3) is 0 Å². The minimum absolute atomic E-state index is 0.173. The average Bonchev–Trinajstić information content (AvgIpc) is 2.68. The summed E-state index contributed by atoms with van der Waals surface area (Å²) in [4.78, 5) is 26.5. The van der Waals surface area contributed by atoms with E-state index in [1.807, 2.05) is 55.5 Å². The number of carbonyl (C=O) groups is 2. The van der Waals surface area contributed by atoms with Gasteiger partial charge in [-0.2, -0.15) is 0 Å². The first-order valence-corrected chi connectivity index (χ1v) is 8.82. The molecule has 1 amide bonds. The highest BCUT2D eigenvalue weighted by Gasteiger charge is 2.32. The maximum absolute atomic E-state index is 12.7. The monoisotopic (exact) mass is 383 g/mol. The Kier molecular flexibility index (Phi) is 6.97. The Morgan fingerprint density at radius 1 is 1.11 bits per heavy atom. The molecule has 2 rings (SSSR count). The summed E-state index contributed by atoms with van der Waals surface area (Å²) in [6.45, 7) is 7.21. The fourth-order valence-corrected chi connectivity index (χ4v) is 3.07. The molecule has 0 N–H and O–H groups in total. The van der Waals surface area contributed by atoms with Crippen molar-refractivity contribution in [3.63, 3.8) is 0 Å². The molecular weight excluding hydrogens is 362 g/mol. The third-order valence-corrected chi connectivity index (χ3v) is 4.42. The summed E-state index contributed by atoms with van der Waals surface area (Å²) in [5, 5.41) is 0.599. The van der Waals surface area contributed by atoms with Crippen molar-refractivity contribution >= 4 is 29.2 Å². The normalized spacial score (nSPS) is 12.2. The van der Waals surface area contributed by atoms with E-state index in [0.29, 0.717) is 10.7 Å². The lowest BCUT2D eigenvalue weighted by Crippen LogP contribution is -2.34. The highest BCUT2D eigenvalue weighted by atomic mass is 35.5. The molecule has 0 spiro atoms. The Morgan fingerprint density at radius 2 is 1.70 bits per heavy atom. The molecule has 0 fully saturated rings. The molecule has 2 aromatic rings. The predicted octanol–water partition coefficient (Wildman–Crippen LogP) is 5.02. The van der Waals surface area contributed by atoms with Gasteiger partial charge in [-0.15, -0.1) is 0 Å². The Morgan fingerprint density at radius 3 is 2.19 bits per heavy atom. The van der Waals surface area contributed by atoms with Crippen LogP contribution in [0.25, 0.3) is 5.70 Å². The van der Waals surface area contributed by atoms with E-state index in [1.165, 1.54) is 14.0 Å². The lowest BCUT2D eigenvalue weighted by Gasteiger charge is -2.34. The van der Waals surface area contributed by atoms with Crippen LogP contribution < -0.4 is 0 Å². The Balaban J connectivity index is 2.63. The maximum Gasteiger partial charge on any atom is 0.335 e. The number of hydrogen-bond donors (Lipinski definition) is 0. The van der Waals surface area contributed by atoms with E-state index in [4.69, 9.17) is 16.3 Å². The minimum atomic E-state index is -0.696. The maximum atomic E-state index is 12.7. The number of allylic oxidation sites excluding steroid dienone is 1. The zero-order valence-corrected chi connectivity index (χ0v) is 16.4. The van der Waals surface area contributed by atoms with E-state index >= 15 is 0 Å². The first-order chi connectivity index (χ1) is 12.9. The predicted molar refractivity (Wildman–Crippen MR) is 108 cm³/mol. The highest BCUT2D eigenvalue weighted by Crippen LogP contribution is 2.35. The summed E-state index contributed by atoms with van der Waals surface area (Å²) in [7, 11) is 1.30.